The van der Waals surface area contributed by atoms with E-state index in [1.165, 1.54) is 4.90 Å². The van der Waals surface area contributed by atoms with Crippen molar-refractivity contribution in [2.75, 3.05) is 24.7 Å². The van der Waals surface area contributed by atoms with Crippen LogP contribution in [-0.2, 0) is 6.18 Å². The van der Waals surface area contributed by atoms with Crippen LogP contribution in [0.15, 0.2) is 30.5 Å². The first-order chi connectivity index (χ1) is 13.9. The molecule has 5 nitrogen and oxygen atoms in total. The summed E-state index contributed by atoms with van der Waals surface area (Å²) in [6.07, 6.45) is -9.37. The Kier molecular flexibility index (Phi) is 7.38. The van der Waals surface area contributed by atoms with Gasteiger partial charge in [0.05, 0.1) is 6.61 Å². The lowest BCUT2D eigenvalue weighted by Crippen LogP contribution is -2.24. The van der Waals surface area contributed by atoms with Gasteiger partial charge >= 0.3 is 12.4 Å². The zero-order chi connectivity index (χ0) is 22.5. The van der Waals surface area contributed by atoms with Crippen molar-refractivity contribution >= 4 is 11.6 Å². The Labute approximate surface area is 169 Å². The van der Waals surface area contributed by atoms with Crippen molar-refractivity contribution in [2.24, 2.45) is 5.92 Å². The molecule has 0 aliphatic carbocycles. The third kappa shape index (κ3) is 6.67. The number of ether oxygens (including phenoxy) is 2. The lowest BCUT2D eigenvalue weighted by molar-refractivity contribution is -0.159. The van der Waals surface area contributed by atoms with Crippen LogP contribution in [0.2, 0.25) is 0 Å². The molecule has 11 heteroatoms. The van der Waals surface area contributed by atoms with E-state index >= 15 is 0 Å². The molecule has 166 valence electrons. The molecule has 0 N–H and O–H groups in total. The number of anilines is 2. The van der Waals surface area contributed by atoms with Gasteiger partial charge in [-0.15, -0.1) is 0 Å². The monoisotopic (exact) mass is 437 g/mol. The van der Waals surface area contributed by atoms with Gasteiger partial charge < -0.3 is 14.4 Å². The molecule has 0 aliphatic heterocycles. The number of alkyl halides is 6. The van der Waals surface area contributed by atoms with E-state index in [-0.39, 0.29) is 12.5 Å². The SMILES string of the molecule is CCN(c1ccc(OCC(C)C)cc1)c1ncc(C(F)(F)F)c(OCC(F)(F)F)n1. The molecule has 0 spiro atoms. The molecule has 0 saturated carbocycles. The van der Waals surface area contributed by atoms with E-state index in [1.807, 2.05) is 13.8 Å². The average molecular weight is 437 g/mol. The van der Waals surface area contributed by atoms with Gasteiger partial charge in [0, 0.05) is 18.4 Å². The Balaban J connectivity index is 2.33. The fourth-order valence-corrected chi connectivity index (χ4v) is 2.37. The first-order valence-corrected chi connectivity index (χ1v) is 9.05. The highest BCUT2D eigenvalue weighted by Crippen LogP contribution is 2.37. The summed E-state index contributed by atoms with van der Waals surface area (Å²) in [7, 11) is 0. The molecule has 0 amide bonds. The molecule has 1 heterocycles. The van der Waals surface area contributed by atoms with Gasteiger partial charge in [0.15, 0.2) is 6.61 Å². The maximum Gasteiger partial charge on any atom is 0.423 e. The van der Waals surface area contributed by atoms with Crippen LogP contribution in [0.1, 0.15) is 26.3 Å². The number of hydrogen-bond donors (Lipinski definition) is 0. The standard InChI is InChI=1S/C19H21F6N3O2/c1-4-28(13-5-7-14(8-6-13)29-10-12(2)3)17-26-9-15(19(23,24)25)16(27-17)30-11-18(20,21)22/h5-9,12H,4,10-11H2,1-3H3. The lowest BCUT2D eigenvalue weighted by Gasteiger charge is -2.23. The molecular formula is C19H21F6N3O2. The molecule has 1 aromatic carbocycles. The summed E-state index contributed by atoms with van der Waals surface area (Å²) in [6.45, 7) is 4.54. The summed E-state index contributed by atoms with van der Waals surface area (Å²) in [5.41, 5.74) is -0.958. The first kappa shape index (κ1) is 23.6. The molecular weight excluding hydrogens is 416 g/mol. The summed E-state index contributed by atoms with van der Waals surface area (Å²) in [6, 6.07) is 6.64. The van der Waals surface area contributed by atoms with Crippen molar-refractivity contribution in [3.63, 3.8) is 0 Å². The van der Waals surface area contributed by atoms with E-state index in [1.54, 1.807) is 31.2 Å². The first-order valence-electron chi connectivity index (χ1n) is 9.05. The summed E-state index contributed by atoms with van der Waals surface area (Å²) in [5, 5.41) is 0. The fraction of sp³-hybridized carbons (Fsp3) is 0.474. The molecule has 1 aromatic heterocycles. The minimum absolute atomic E-state index is 0.224. The number of benzene rings is 1. The lowest BCUT2D eigenvalue weighted by atomic mass is 10.2. The van der Waals surface area contributed by atoms with Gasteiger partial charge in [0.2, 0.25) is 11.8 Å². The van der Waals surface area contributed by atoms with E-state index in [2.05, 4.69) is 14.7 Å². The molecule has 0 atom stereocenters. The van der Waals surface area contributed by atoms with Gasteiger partial charge in [-0.1, -0.05) is 13.8 Å². The molecule has 0 aliphatic rings. The summed E-state index contributed by atoms with van der Waals surface area (Å²) in [5.74, 6) is -0.475. The maximum atomic E-state index is 13.1. The highest BCUT2D eigenvalue weighted by atomic mass is 19.4. The van der Waals surface area contributed by atoms with Crippen LogP contribution >= 0.6 is 0 Å². The Bertz CT molecular complexity index is 822. The van der Waals surface area contributed by atoms with Crippen LogP contribution in [0.25, 0.3) is 0 Å². The topological polar surface area (TPSA) is 47.5 Å². The van der Waals surface area contributed by atoms with Gasteiger partial charge in [-0.25, -0.2) is 4.98 Å². The predicted molar refractivity (Wildman–Crippen MR) is 98.0 cm³/mol. The average Bonchev–Trinajstić information content (AvgIpc) is 2.65. The molecule has 0 unspecified atom stereocenters. The normalized spacial score (nSPS) is 12.2. The minimum Gasteiger partial charge on any atom is -0.493 e. The van der Waals surface area contributed by atoms with Gasteiger partial charge in [0.25, 0.3) is 0 Å². The number of rotatable bonds is 8. The third-order valence-electron chi connectivity index (χ3n) is 3.71. The fourth-order valence-electron chi connectivity index (χ4n) is 2.37. The van der Waals surface area contributed by atoms with Crippen LogP contribution in [0.5, 0.6) is 11.6 Å². The van der Waals surface area contributed by atoms with Gasteiger partial charge in [-0.3, -0.25) is 0 Å². The number of hydrogen-bond acceptors (Lipinski definition) is 5. The van der Waals surface area contributed by atoms with Crippen LogP contribution in [0, 0.1) is 5.92 Å². The zero-order valence-electron chi connectivity index (χ0n) is 16.5. The second-order valence-corrected chi connectivity index (χ2v) is 6.73. The summed E-state index contributed by atoms with van der Waals surface area (Å²) >= 11 is 0. The van der Waals surface area contributed by atoms with E-state index in [9.17, 15) is 26.3 Å². The summed E-state index contributed by atoms with van der Waals surface area (Å²) in [4.78, 5) is 8.73. The van der Waals surface area contributed by atoms with Gasteiger partial charge in [-0.2, -0.15) is 31.3 Å². The molecule has 0 radical (unpaired) electrons. The molecule has 2 aromatic rings. The van der Waals surface area contributed by atoms with E-state index in [0.29, 0.717) is 30.2 Å². The highest BCUT2D eigenvalue weighted by Gasteiger charge is 2.38. The van der Waals surface area contributed by atoms with Crippen LogP contribution in [0.4, 0.5) is 38.0 Å². The van der Waals surface area contributed by atoms with Gasteiger partial charge in [-0.05, 0) is 37.1 Å². The second-order valence-electron chi connectivity index (χ2n) is 6.73. The maximum absolute atomic E-state index is 13.1. The van der Waals surface area contributed by atoms with Crippen LogP contribution in [-0.4, -0.2) is 35.9 Å². The number of aromatic nitrogens is 2. The van der Waals surface area contributed by atoms with Gasteiger partial charge in [0.1, 0.15) is 11.3 Å². The van der Waals surface area contributed by atoms with E-state index < -0.39 is 30.4 Å². The zero-order valence-corrected chi connectivity index (χ0v) is 16.5. The molecule has 0 saturated heterocycles. The van der Waals surface area contributed by atoms with Crippen molar-refractivity contribution in [2.45, 2.75) is 33.1 Å². The predicted octanol–water partition coefficient (Wildman–Crippen LogP) is 5.63. The van der Waals surface area contributed by atoms with Crippen molar-refractivity contribution in [3.05, 3.63) is 36.0 Å². The molecule has 0 bridgehead atoms. The van der Waals surface area contributed by atoms with Crippen molar-refractivity contribution in [1.29, 1.82) is 0 Å². The van der Waals surface area contributed by atoms with E-state index in [0.717, 1.165) is 0 Å². The Morgan fingerprint density at radius 3 is 2.13 bits per heavy atom. The second kappa shape index (κ2) is 9.40. The highest BCUT2D eigenvalue weighted by molar-refractivity contribution is 5.58. The minimum atomic E-state index is -4.97. The van der Waals surface area contributed by atoms with Crippen molar-refractivity contribution in [3.8, 4) is 11.6 Å². The molecule has 2 rings (SSSR count). The Morgan fingerprint density at radius 1 is 1.00 bits per heavy atom. The van der Waals surface area contributed by atoms with Crippen molar-refractivity contribution < 1.29 is 35.8 Å². The van der Waals surface area contributed by atoms with Crippen LogP contribution in [0.3, 0.4) is 0 Å². The third-order valence-corrected chi connectivity index (χ3v) is 3.71. The van der Waals surface area contributed by atoms with Crippen molar-refractivity contribution in [1.82, 2.24) is 9.97 Å². The molecule has 0 fully saturated rings. The quantitative estimate of drug-likeness (QED) is 0.501. The Hall–Kier alpha value is -2.72. The number of halogens is 6. The molecule has 30 heavy (non-hydrogen) atoms. The number of nitrogens with zero attached hydrogens (tertiary/aromatic N) is 3. The smallest absolute Gasteiger partial charge is 0.423 e. The summed E-state index contributed by atoms with van der Waals surface area (Å²) < 4.78 is 86.6. The Morgan fingerprint density at radius 2 is 1.63 bits per heavy atom. The van der Waals surface area contributed by atoms with E-state index in [4.69, 9.17) is 4.74 Å². The van der Waals surface area contributed by atoms with Crippen LogP contribution < -0.4 is 14.4 Å². The largest absolute Gasteiger partial charge is 0.493 e.